The number of nitrogens with zero attached hydrogens (tertiary/aromatic N) is 2. The topological polar surface area (TPSA) is 109 Å². The molecule has 0 aliphatic heterocycles. The second kappa shape index (κ2) is 5.57. The molecule has 0 fully saturated rings. The Labute approximate surface area is 116 Å². The fraction of sp³-hybridized carbons (Fsp3) is 0.0909. The van der Waals surface area contributed by atoms with Crippen molar-refractivity contribution in [1.82, 2.24) is 0 Å². The molecule has 0 saturated carbocycles. The van der Waals surface area contributed by atoms with Gasteiger partial charge in [0.05, 0.1) is 11.0 Å². The summed E-state index contributed by atoms with van der Waals surface area (Å²) in [5.41, 5.74) is -0.254. The molecule has 0 amide bonds. The Morgan fingerprint density at radius 1 is 1.15 bits per heavy atom. The summed E-state index contributed by atoms with van der Waals surface area (Å²) >= 11 is 5.73. The highest BCUT2D eigenvalue weighted by molar-refractivity contribution is 6.30. The Hall–Kier alpha value is -2.61. The van der Waals surface area contributed by atoms with Crippen LogP contribution >= 0.6 is 11.6 Å². The zero-order valence-electron chi connectivity index (χ0n) is 9.82. The summed E-state index contributed by atoms with van der Waals surface area (Å²) in [6, 6.07) is 6.39. The molecule has 1 aromatic heterocycles. The van der Waals surface area contributed by atoms with E-state index >= 15 is 0 Å². The highest BCUT2D eigenvalue weighted by Gasteiger charge is 2.17. The van der Waals surface area contributed by atoms with E-state index in [2.05, 4.69) is 0 Å². The fourth-order valence-corrected chi connectivity index (χ4v) is 1.61. The van der Waals surface area contributed by atoms with Crippen LogP contribution < -0.4 is 4.74 Å². The quantitative estimate of drug-likeness (QED) is 0.618. The maximum Gasteiger partial charge on any atom is 0.433 e. The van der Waals surface area contributed by atoms with Crippen molar-refractivity contribution in [2.45, 2.75) is 6.61 Å². The van der Waals surface area contributed by atoms with Crippen LogP contribution in [0.3, 0.4) is 0 Å². The number of rotatable bonds is 5. The van der Waals surface area contributed by atoms with Crippen LogP contribution in [-0.4, -0.2) is 9.85 Å². The van der Waals surface area contributed by atoms with Gasteiger partial charge in [-0.25, -0.2) is 0 Å². The number of halogens is 1. The molecule has 0 atom stereocenters. The van der Waals surface area contributed by atoms with Crippen molar-refractivity contribution in [2.75, 3.05) is 0 Å². The average molecular weight is 299 g/mol. The van der Waals surface area contributed by atoms with Gasteiger partial charge in [-0.2, -0.15) is 0 Å². The number of nitro benzene ring substituents is 1. The number of furan rings is 1. The van der Waals surface area contributed by atoms with E-state index in [1.165, 1.54) is 30.3 Å². The number of nitro groups is 2. The van der Waals surface area contributed by atoms with Crippen molar-refractivity contribution < 1.29 is 19.0 Å². The Balaban J connectivity index is 2.15. The lowest BCUT2D eigenvalue weighted by molar-refractivity contribution is -0.402. The summed E-state index contributed by atoms with van der Waals surface area (Å²) < 4.78 is 10.1. The van der Waals surface area contributed by atoms with Crippen LogP contribution in [0.25, 0.3) is 0 Å². The molecular weight excluding hydrogens is 292 g/mol. The van der Waals surface area contributed by atoms with Gasteiger partial charge in [-0.05, 0) is 12.1 Å². The lowest BCUT2D eigenvalue weighted by atomic mass is 10.3. The second-order valence-corrected chi connectivity index (χ2v) is 4.09. The maximum atomic E-state index is 10.8. The molecule has 0 aliphatic carbocycles. The molecule has 2 rings (SSSR count). The predicted molar refractivity (Wildman–Crippen MR) is 67.8 cm³/mol. The maximum absolute atomic E-state index is 10.8. The lowest BCUT2D eigenvalue weighted by Gasteiger charge is -2.05. The summed E-state index contributed by atoms with van der Waals surface area (Å²) in [7, 11) is 0. The van der Waals surface area contributed by atoms with Crippen molar-refractivity contribution in [3.63, 3.8) is 0 Å². The number of hydrogen-bond acceptors (Lipinski definition) is 6. The Bertz CT molecular complexity index is 669. The van der Waals surface area contributed by atoms with Crippen LogP contribution in [0.5, 0.6) is 5.75 Å². The van der Waals surface area contributed by atoms with Crippen LogP contribution in [0.15, 0.2) is 34.7 Å². The second-order valence-electron chi connectivity index (χ2n) is 3.65. The van der Waals surface area contributed by atoms with Gasteiger partial charge in [0.2, 0.25) is 0 Å². The van der Waals surface area contributed by atoms with Crippen LogP contribution in [-0.2, 0) is 6.61 Å². The molecule has 20 heavy (non-hydrogen) atoms. The minimum Gasteiger partial charge on any atom is -0.479 e. The molecule has 8 nitrogen and oxygen atoms in total. The third-order valence-electron chi connectivity index (χ3n) is 2.32. The van der Waals surface area contributed by atoms with Gasteiger partial charge in [0.25, 0.3) is 0 Å². The van der Waals surface area contributed by atoms with Gasteiger partial charge in [-0.1, -0.05) is 11.6 Å². The molecule has 1 aromatic carbocycles. The summed E-state index contributed by atoms with van der Waals surface area (Å²) in [5, 5.41) is 21.5. The van der Waals surface area contributed by atoms with E-state index in [9.17, 15) is 20.2 Å². The van der Waals surface area contributed by atoms with E-state index in [1.807, 2.05) is 0 Å². The number of benzene rings is 1. The Morgan fingerprint density at radius 3 is 2.50 bits per heavy atom. The van der Waals surface area contributed by atoms with E-state index in [0.29, 0.717) is 0 Å². The van der Waals surface area contributed by atoms with Gasteiger partial charge in [-0.3, -0.25) is 20.2 Å². The molecular formula is C11H7ClN2O6. The molecule has 9 heteroatoms. The third-order valence-corrected chi connectivity index (χ3v) is 2.55. The van der Waals surface area contributed by atoms with Crippen molar-refractivity contribution in [3.05, 3.63) is 61.3 Å². The van der Waals surface area contributed by atoms with Gasteiger partial charge in [0, 0.05) is 17.2 Å². The van der Waals surface area contributed by atoms with Crippen LogP contribution in [0.1, 0.15) is 5.76 Å². The first kappa shape index (κ1) is 13.8. The molecule has 2 aromatic rings. The van der Waals surface area contributed by atoms with Crippen LogP contribution in [0.2, 0.25) is 5.02 Å². The summed E-state index contributed by atoms with van der Waals surface area (Å²) in [6.07, 6.45) is 0. The van der Waals surface area contributed by atoms with Crippen molar-refractivity contribution in [3.8, 4) is 5.75 Å². The fourth-order valence-electron chi connectivity index (χ4n) is 1.45. The number of ether oxygens (including phenoxy) is 1. The van der Waals surface area contributed by atoms with E-state index in [1.54, 1.807) is 0 Å². The first-order valence-electron chi connectivity index (χ1n) is 5.27. The first-order chi connectivity index (χ1) is 9.47. The predicted octanol–water partition coefficient (Wildman–Crippen LogP) is 3.33. The monoisotopic (exact) mass is 298 g/mol. The van der Waals surface area contributed by atoms with Gasteiger partial charge >= 0.3 is 11.6 Å². The summed E-state index contributed by atoms with van der Waals surface area (Å²) in [4.78, 5) is 19.9. The first-order valence-corrected chi connectivity index (χ1v) is 5.65. The van der Waals surface area contributed by atoms with Crippen LogP contribution in [0.4, 0.5) is 11.6 Å². The highest BCUT2D eigenvalue weighted by atomic mass is 35.5. The minimum absolute atomic E-state index is 0.0402. The molecule has 0 radical (unpaired) electrons. The van der Waals surface area contributed by atoms with Crippen molar-refractivity contribution >= 4 is 23.2 Å². The van der Waals surface area contributed by atoms with E-state index < -0.39 is 15.7 Å². The van der Waals surface area contributed by atoms with Gasteiger partial charge in [0.1, 0.15) is 17.3 Å². The van der Waals surface area contributed by atoms with E-state index in [4.69, 9.17) is 20.8 Å². The largest absolute Gasteiger partial charge is 0.479 e. The molecule has 0 unspecified atom stereocenters. The molecule has 1 heterocycles. The smallest absolute Gasteiger partial charge is 0.433 e. The summed E-state index contributed by atoms with van der Waals surface area (Å²) in [5.74, 6) is -0.295. The molecule has 0 bridgehead atoms. The standard InChI is InChI=1S/C11H7ClN2O6/c12-7-1-3-9(13(15)16)10(5-7)19-6-8-2-4-11(20-8)14(17)18/h1-5H,6H2. The molecule has 104 valence electrons. The van der Waals surface area contributed by atoms with Crippen molar-refractivity contribution in [1.29, 1.82) is 0 Å². The lowest BCUT2D eigenvalue weighted by Crippen LogP contribution is -1.98. The summed E-state index contributed by atoms with van der Waals surface area (Å²) in [6.45, 7) is -0.185. The zero-order chi connectivity index (χ0) is 14.7. The zero-order valence-corrected chi connectivity index (χ0v) is 10.6. The molecule has 0 saturated heterocycles. The number of hydrogen-bond donors (Lipinski definition) is 0. The normalized spacial score (nSPS) is 10.2. The van der Waals surface area contributed by atoms with Crippen LogP contribution in [0, 0.1) is 20.2 Å². The van der Waals surface area contributed by atoms with E-state index in [-0.39, 0.29) is 28.8 Å². The van der Waals surface area contributed by atoms with E-state index in [0.717, 1.165) is 0 Å². The Kier molecular flexibility index (Phi) is 3.85. The van der Waals surface area contributed by atoms with Gasteiger partial charge in [-0.15, -0.1) is 0 Å². The third kappa shape index (κ3) is 3.04. The SMILES string of the molecule is O=[N+]([O-])c1ccc(COc2cc(Cl)ccc2[N+](=O)[O-])o1. The highest BCUT2D eigenvalue weighted by Crippen LogP contribution is 2.30. The van der Waals surface area contributed by atoms with Gasteiger partial charge < -0.3 is 9.15 Å². The van der Waals surface area contributed by atoms with Gasteiger partial charge in [0.15, 0.2) is 5.75 Å². The Morgan fingerprint density at radius 2 is 1.90 bits per heavy atom. The molecule has 0 aliphatic rings. The van der Waals surface area contributed by atoms with Crippen molar-refractivity contribution in [2.24, 2.45) is 0 Å². The molecule has 0 N–H and O–H groups in total. The minimum atomic E-state index is -0.689. The average Bonchev–Trinajstić information content (AvgIpc) is 2.85. The molecule has 0 spiro atoms.